The maximum Gasteiger partial charge on any atom is 0.249 e. The van der Waals surface area contributed by atoms with Crippen LogP contribution >= 0.6 is 15.9 Å². The molecule has 7 heteroatoms. The molecule has 1 N–H and O–H groups in total. The highest BCUT2D eigenvalue weighted by atomic mass is 79.9. The number of nitrogens with zero attached hydrogens (tertiary/aromatic N) is 1. The van der Waals surface area contributed by atoms with Gasteiger partial charge < -0.3 is 5.32 Å². The average molecular weight is 279 g/mol. The van der Waals surface area contributed by atoms with Crippen molar-refractivity contribution < 1.29 is 13.6 Å². The molecule has 0 aliphatic carbocycles. The second-order valence-corrected chi connectivity index (χ2v) is 3.44. The van der Waals surface area contributed by atoms with Gasteiger partial charge in [-0.2, -0.15) is 4.91 Å². The fourth-order valence-corrected chi connectivity index (χ4v) is 1.18. The second-order valence-electron chi connectivity index (χ2n) is 2.58. The summed E-state index contributed by atoms with van der Waals surface area (Å²) in [5.74, 6) is -2.32. The van der Waals surface area contributed by atoms with Gasteiger partial charge in [0.25, 0.3) is 0 Å². The number of rotatable bonds is 3. The molecule has 15 heavy (non-hydrogen) atoms. The van der Waals surface area contributed by atoms with Crippen molar-refractivity contribution in [1.29, 1.82) is 0 Å². The Morgan fingerprint density at radius 3 is 2.67 bits per heavy atom. The van der Waals surface area contributed by atoms with Crippen molar-refractivity contribution in [1.82, 2.24) is 0 Å². The average Bonchev–Trinajstić information content (AvgIpc) is 2.14. The molecule has 4 nitrogen and oxygen atoms in total. The standard InChI is InChI=1S/C8H5BrF2N2O2/c9-4-1-6(11)7(2-5(4)10)13-8(14)3-12-15/h1-2H,3H2,(H,13,14). The largest absolute Gasteiger partial charge is 0.322 e. The van der Waals surface area contributed by atoms with E-state index in [1.54, 1.807) is 0 Å². The number of anilines is 1. The van der Waals surface area contributed by atoms with E-state index < -0.39 is 24.1 Å². The number of hydrogen-bond acceptors (Lipinski definition) is 3. The van der Waals surface area contributed by atoms with Crippen molar-refractivity contribution in [2.24, 2.45) is 5.18 Å². The van der Waals surface area contributed by atoms with Crippen LogP contribution in [-0.4, -0.2) is 12.5 Å². The molecule has 0 radical (unpaired) electrons. The van der Waals surface area contributed by atoms with E-state index in [2.05, 4.69) is 21.1 Å². The van der Waals surface area contributed by atoms with Crippen molar-refractivity contribution >= 4 is 27.5 Å². The zero-order valence-electron chi connectivity index (χ0n) is 7.26. The summed E-state index contributed by atoms with van der Waals surface area (Å²) in [5, 5.41) is 4.32. The van der Waals surface area contributed by atoms with Crippen LogP contribution in [-0.2, 0) is 4.79 Å². The third-order valence-electron chi connectivity index (χ3n) is 1.49. The Morgan fingerprint density at radius 1 is 1.40 bits per heavy atom. The molecule has 1 aromatic carbocycles. The van der Waals surface area contributed by atoms with E-state index in [1.807, 2.05) is 5.32 Å². The SMILES string of the molecule is O=NCC(=O)Nc1cc(F)c(Br)cc1F. The molecule has 0 atom stereocenters. The third-order valence-corrected chi connectivity index (χ3v) is 2.10. The molecule has 0 fully saturated rings. The van der Waals surface area contributed by atoms with Gasteiger partial charge in [-0.05, 0) is 22.0 Å². The van der Waals surface area contributed by atoms with Gasteiger partial charge in [-0.15, -0.1) is 0 Å². The predicted molar refractivity (Wildman–Crippen MR) is 53.3 cm³/mol. The lowest BCUT2D eigenvalue weighted by atomic mass is 10.3. The minimum absolute atomic E-state index is 0.0495. The van der Waals surface area contributed by atoms with Crippen molar-refractivity contribution in [3.63, 3.8) is 0 Å². The number of nitrogens with one attached hydrogen (secondary N) is 1. The summed E-state index contributed by atoms with van der Waals surface area (Å²) in [7, 11) is 0. The quantitative estimate of drug-likeness (QED) is 0.682. The van der Waals surface area contributed by atoms with Gasteiger partial charge in [0.05, 0.1) is 10.2 Å². The molecule has 0 aliphatic heterocycles. The monoisotopic (exact) mass is 278 g/mol. The van der Waals surface area contributed by atoms with Crippen molar-refractivity contribution in [2.75, 3.05) is 11.9 Å². The molecule has 1 aromatic rings. The lowest BCUT2D eigenvalue weighted by Gasteiger charge is -2.05. The zero-order chi connectivity index (χ0) is 11.4. The first kappa shape index (κ1) is 11.7. The van der Waals surface area contributed by atoms with Crippen LogP contribution in [0.2, 0.25) is 0 Å². The molecule has 0 spiro atoms. The first-order valence-corrected chi connectivity index (χ1v) is 4.57. The van der Waals surface area contributed by atoms with Crippen LogP contribution in [0.5, 0.6) is 0 Å². The number of carbonyl (C=O) groups excluding carboxylic acids is 1. The van der Waals surface area contributed by atoms with Gasteiger partial charge >= 0.3 is 0 Å². The summed E-state index contributed by atoms with van der Waals surface area (Å²) in [4.78, 5) is 20.6. The van der Waals surface area contributed by atoms with Crippen LogP contribution in [0, 0.1) is 16.5 Å². The molecule has 1 rings (SSSR count). The molecule has 1 amide bonds. The first-order chi connectivity index (χ1) is 7.04. The Labute approximate surface area is 91.8 Å². The Morgan fingerprint density at radius 2 is 2.07 bits per heavy atom. The van der Waals surface area contributed by atoms with Crippen LogP contribution < -0.4 is 5.32 Å². The van der Waals surface area contributed by atoms with E-state index in [9.17, 15) is 18.5 Å². The van der Waals surface area contributed by atoms with Gasteiger partial charge in [0, 0.05) is 6.07 Å². The number of amides is 1. The molecule has 0 heterocycles. The highest BCUT2D eigenvalue weighted by Gasteiger charge is 2.10. The summed E-state index contributed by atoms with van der Waals surface area (Å²) in [6, 6.07) is 1.68. The fourth-order valence-electron chi connectivity index (χ4n) is 0.867. The van der Waals surface area contributed by atoms with E-state index in [0.717, 1.165) is 12.1 Å². The van der Waals surface area contributed by atoms with Crippen molar-refractivity contribution in [2.45, 2.75) is 0 Å². The van der Waals surface area contributed by atoms with Gasteiger partial charge in [0.15, 0.2) is 6.54 Å². The van der Waals surface area contributed by atoms with E-state index >= 15 is 0 Å². The normalized spacial score (nSPS) is 9.80. The second kappa shape index (κ2) is 4.92. The lowest BCUT2D eigenvalue weighted by molar-refractivity contribution is -0.114. The molecule has 0 bridgehead atoms. The predicted octanol–water partition coefficient (Wildman–Crippen LogP) is 2.43. The highest BCUT2D eigenvalue weighted by Crippen LogP contribution is 2.23. The summed E-state index contributed by atoms with van der Waals surface area (Å²) in [5.41, 5.74) is -0.329. The highest BCUT2D eigenvalue weighted by molar-refractivity contribution is 9.10. The smallest absolute Gasteiger partial charge is 0.249 e. The molecule has 0 saturated carbocycles. The molecule has 0 saturated heterocycles. The van der Waals surface area contributed by atoms with E-state index in [1.165, 1.54) is 0 Å². The Hall–Kier alpha value is -1.37. The minimum Gasteiger partial charge on any atom is -0.322 e. The van der Waals surface area contributed by atoms with Gasteiger partial charge in [-0.25, -0.2) is 8.78 Å². The van der Waals surface area contributed by atoms with Crippen molar-refractivity contribution in [3.05, 3.63) is 33.1 Å². The number of benzene rings is 1. The van der Waals surface area contributed by atoms with Gasteiger partial charge in [-0.1, -0.05) is 5.18 Å². The van der Waals surface area contributed by atoms with Gasteiger partial charge in [0.2, 0.25) is 5.91 Å². The van der Waals surface area contributed by atoms with E-state index in [0.29, 0.717) is 0 Å². The number of carbonyl (C=O) groups is 1. The third kappa shape index (κ3) is 3.05. The number of halogens is 3. The Kier molecular flexibility index (Phi) is 3.84. The molecule has 0 aliphatic rings. The summed E-state index contributed by atoms with van der Waals surface area (Å²) in [6.45, 7) is -0.642. The van der Waals surface area contributed by atoms with Gasteiger partial charge in [0.1, 0.15) is 11.6 Å². The lowest BCUT2D eigenvalue weighted by Crippen LogP contribution is -2.15. The molecule has 80 valence electrons. The van der Waals surface area contributed by atoms with Crippen LogP contribution in [0.1, 0.15) is 0 Å². The van der Waals surface area contributed by atoms with Crippen LogP contribution in [0.25, 0.3) is 0 Å². The summed E-state index contributed by atoms with van der Waals surface area (Å²) < 4.78 is 26.0. The van der Waals surface area contributed by atoms with Crippen molar-refractivity contribution in [3.8, 4) is 0 Å². The number of nitroso groups, excluding NO2 is 1. The minimum atomic E-state index is -0.803. The Balaban J connectivity index is 2.90. The summed E-state index contributed by atoms with van der Waals surface area (Å²) in [6.07, 6.45) is 0. The molecular weight excluding hydrogens is 274 g/mol. The zero-order valence-corrected chi connectivity index (χ0v) is 8.85. The Bertz CT molecular complexity index is 412. The van der Waals surface area contributed by atoms with Gasteiger partial charge in [-0.3, -0.25) is 4.79 Å². The van der Waals surface area contributed by atoms with Crippen LogP contribution in [0.4, 0.5) is 14.5 Å². The molecular formula is C8H5BrF2N2O2. The van der Waals surface area contributed by atoms with E-state index in [-0.39, 0.29) is 10.2 Å². The topological polar surface area (TPSA) is 58.5 Å². The maximum absolute atomic E-state index is 13.1. The summed E-state index contributed by atoms with van der Waals surface area (Å²) >= 11 is 2.78. The fraction of sp³-hybridized carbons (Fsp3) is 0.125. The first-order valence-electron chi connectivity index (χ1n) is 3.78. The van der Waals surface area contributed by atoms with E-state index in [4.69, 9.17) is 0 Å². The molecule has 0 aromatic heterocycles. The number of hydrogen-bond donors (Lipinski definition) is 1. The maximum atomic E-state index is 13.1. The molecule has 0 unspecified atom stereocenters. The van der Waals surface area contributed by atoms with Crippen LogP contribution in [0.3, 0.4) is 0 Å². The van der Waals surface area contributed by atoms with Crippen LogP contribution in [0.15, 0.2) is 21.8 Å².